The Bertz CT molecular complexity index is 638. The maximum Gasteiger partial charge on any atom is 0.179 e. The first kappa shape index (κ1) is 13.8. The number of benzene rings is 1. The number of nitrogens with zero attached hydrogens (tertiary/aromatic N) is 1. The van der Waals surface area contributed by atoms with Gasteiger partial charge in [-0.25, -0.2) is 0 Å². The molecule has 0 amide bonds. The van der Waals surface area contributed by atoms with E-state index in [1.807, 2.05) is 20.9 Å². The summed E-state index contributed by atoms with van der Waals surface area (Å²) in [6.07, 6.45) is 0. The van der Waals surface area contributed by atoms with Crippen LogP contribution < -0.4 is 5.32 Å². The highest BCUT2D eigenvalue weighted by Crippen LogP contribution is 2.30. The zero-order valence-corrected chi connectivity index (χ0v) is 12.4. The van der Waals surface area contributed by atoms with E-state index in [0.717, 1.165) is 23.2 Å². The van der Waals surface area contributed by atoms with E-state index in [2.05, 4.69) is 35.9 Å². The molecule has 2 aromatic rings. The summed E-state index contributed by atoms with van der Waals surface area (Å²) < 4.78 is 2.14. The number of carbonyl (C=O) groups is 1. The molecule has 0 bridgehead atoms. The standard InChI is InChI=1S/C16H22N2O/c1-6-17-9-13(19)15-12(4)18(5)16-11(3)8-7-10(2)14(15)16/h7-8,17H,6,9H2,1-5H3. The first-order chi connectivity index (χ1) is 8.99. The molecule has 0 saturated carbocycles. The molecule has 1 N–H and O–H groups in total. The first-order valence-corrected chi connectivity index (χ1v) is 6.78. The third-order valence-corrected chi connectivity index (χ3v) is 3.85. The summed E-state index contributed by atoms with van der Waals surface area (Å²) in [5.74, 6) is 0.179. The third kappa shape index (κ3) is 2.19. The van der Waals surface area contributed by atoms with E-state index in [1.54, 1.807) is 0 Å². The number of aryl methyl sites for hydroxylation is 3. The number of Topliss-reactive ketones (excluding diaryl/α,β-unsaturated/α-hetero) is 1. The van der Waals surface area contributed by atoms with Gasteiger partial charge in [0.25, 0.3) is 0 Å². The lowest BCUT2D eigenvalue weighted by Crippen LogP contribution is -2.23. The summed E-state index contributed by atoms with van der Waals surface area (Å²) >= 11 is 0. The fraction of sp³-hybridized carbons (Fsp3) is 0.438. The Morgan fingerprint density at radius 1 is 1.21 bits per heavy atom. The van der Waals surface area contributed by atoms with Gasteiger partial charge in [0.2, 0.25) is 0 Å². The SMILES string of the molecule is CCNCC(=O)c1c(C)n(C)c2c(C)ccc(C)c12. The van der Waals surface area contributed by atoms with Gasteiger partial charge < -0.3 is 9.88 Å². The monoisotopic (exact) mass is 258 g/mol. The minimum absolute atomic E-state index is 0.179. The van der Waals surface area contributed by atoms with Gasteiger partial charge in [-0.05, 0) is 38.4 Å². The number of aromatic nitrogens is 1. The molecule has 102 valence electrons. The number of rotatable bonds is 4. The Hall–Kier alpha value is -1.61. The lowest BCUT2D eigenvalue weighted by molar-refractivity contribution is 0.0992. The molecule has 2 rings (SSSR count). The highest BCUT2D eigenvalue weighted by Gasteiger charge is 2.20. The van der Waals surface area contributed by atoms with Crippen LogP contribution in [0.4, 0.5) is 0 Å². The Labute approximate surface area is 114 Å². The van der Waals surface area contributed by atoms with Crippen molar-refractivity contribution in [3.8, 4) is 0 Å². The number of likely N-dealkylation sites (N-methyl/N-ethyl adjacent to an activating group) is 1. The maximum atomic E-state index is 12.4. The maximum absolute atomic E-state index is 12.4. The van der Waals surface area contributed by atoms with Gasteiger partial charge in [0.1, 0.15) is 0 Å². The van der Waals surface area contributed by atoms with E-state index < -0.39 is 0 Å². The van der Waals surface area contributed by atoms with E-state index in [0.29, 0.717) is 6.54 Å². The second-order valence-corrected chi connectivity index (χ2v) is 5.15. The van der Waals surface area contributed by atoms with E-state index in [4.69, 9.17) is 0 Å². The fourth-order valence-electron chi connectivity index (χ4n) is 2.73. The second-order valence-electron chi connectivity index (χ2n) is 5.15. The molecular formula is C16H22N2O. The number of hydrogen-bond donors (Lipinski definition) is 1. The summed E-state index contributed by atoms with van der Waals surface area (Å²) in [5, 5.41) is 4.24. The first-order valence-electron chi connectivity index (χ1n) is 6.78. The van der Waals surface area contributed by atoms with Crippen LogP contribution in [0.2, 0.25) is 0 Å². The van der Waals surface area contributed by atoms with Gasteiger partial charge in [0.15, 0.2) is 5.78 Å². The van der Waals surface area contributed by atoms with Crippen molar-refractivity contribution in [3.05, 3.63) is 34.5 Å². The normalized spacial score (nSPS) is 11.2. The minimum Gasteiger partial charge on any atom is -0.347 e. The molecule has 0 fully saturated rings. The lowest BCUT2D eigenvalue weighted by Gasteiger charge is -2.05. The van der Waals surface area contributed by atoms with E-state index >= 15 is 0 Å². The van der Waals surface area contributed by atoms with Crippen LogP contribution in [-0.4, -0.2) is 23.4 Å². The molecule has 0 saturated heterocycles. The Balaban J connectivity index is 2.70. The van der Waals surface area contributed by atoms with Gasteiger partial charge in [0, 0.05) is 23.7 Å². The predicted molar refractivity (Wildman–Crippen MR) is 80.0 cm³/mol. The molecule has 0 aliphatic carbocycles. The van der Waals surface area contributed by atoms with E-state index in [9.17, 15) is 4.79 Å². The number of fused-ring (bicyclic) bond motifs is 1. The zero-order valence-electron chi connectivity index (χ0n) is 12.4. The highest BCUT2D eigenvalue weighted by molar-refractivity contribution is 6.12. The minimum atomic E-state index is 0.179. The van der Waals surface area contributed by atoms with Gasteiger partial charge >= 0.3 is 0 Å². The van der Waals surface area contributed by atoms with Crippen LogP contribution in [0.5, 0.6) is 0 Å². The summed E-state index contributed by atoms with van der Waals surface area (Å²) in [7, 11) is 2.04. The van der Waals surface area contributed by atoms with Crippen LogP contribution in [-0.2, 0) is 7.05 Å². The molecule has 3 heteroatoms. The molecule has 0 atom stereocenters. The van der Waals surface area contributed by atoms with Crippen molar-refractivity contribution >= 4 is 16.7 Å². The second kappa shape index (κ2) is 5.17. The van der Waals surface area contributed by atoms with Crippen molar-refractivity contribution in [2.75, 3.05) is 13.1 Å². The Morgan fingerprint density at radius 3 is 2.47 bits per heavy atom. The van der Waals surface area contributed by atoms with Gasteiger partial charge in [-0.2, -0.15) is 0 Å². The smallest absolute Gasteiger partial charge is 0.179 e. The quantitative estimate of drug-likeness (QED) is 0.856. The summed E-state index contributed by atoms with van der Waals surface area (Å²) in [6.45, 7) is 9.43. The number of carbonyl (C=O) groups excluding carboxylic acids is 1. The molecule has 19 heavy (non-hydrogen) atoms. The van der Waals surface area contributed by atoms with Crippen LogP contribution in [0.3, 0.4) is 0 Å². The van der Waals surface area contributed by atoms with Crippen molar-refractivity contribution in [1.29, 1.82) is 0 Å². The summed E-state index contributed by atoms with van der Waals surface area (Å²) in [5.41, 5.74) is 5.49. The van der Waals surface area contributed by atoms with E-state index in [1.165, 1.54) is 16.6 Å². The van der Waals surface area contributed by atoms with Crippen LogP contribution in [0, 0.1) is 20.8 Å². The van der Waals surface area contributed by atoms with Crippen LogP contribution >= 0.6 is 0 Å². The summed E-state index contributed by atoms with van der Waals surface area (Å²) in [6, 6.07) is 4.22. The number of nitrogens with one attached hydrogen (secondary N) is 1. The molecule has 0 spiro atoms. The molecule has 0 radical (unpaired) electrons. The van der Waals surface area contributed by atoms with Crippen molar-refractivity contribution in [2.24, 2.45) is 7.05 Å². The van der Waals surface area contributed by atoms with Gasteiger partial charge in [-0.15, -0.1) is 0 Å². The van der Waals surface area contributed by atoms with Crippen LogP contribution in [0.1, 0.15) is 34.1 Å². The molecule has 1 aromatic heterocycles. The number of hydrogen-bond acceptors (Lipinski definition) is 2. The number of ketones is 1. The average molecular weight is 258 g/mol. The zero-order chi connectivity index (χ0) is 14.2. The van der Waals surface area contributed by atoms with Crippen molar-refractivity contribution in [2.45, 2.75) is 27.7 Å². The molecule has 0 aliphatic rings. The Kier molecular flexibility index (Phi) is 3.76. The molecule has 3 nitrogen and oxygen atoms in total. The van der Waals surface area contributed by atoms with Crippen LogP contribution in [0.25, 0.3) is 10.9 Å². The van der Waals surface area contributed by atoms with Gasteiger partial charge in [0.05, 0.1) is 12.1 Å². The topological polar surface area (TPSA) is 34.0 Å². The van der Waals surface area contributed by atoms with Crippen molar-refractivity contribution < 1.29 is 4.79 Å². The predicted octanol–water partition coefficient (Wildman–Crippen LogP) is 2.90. The highest BCUT2D eigenvalue weighted by atomic mass is 16.1. The molecular weight excluding hydrogens is 236 g/mol. The molecule has 0 aliphatic heterocycles. The lowest BCUT2D eigenvalue weighted by atomic mass is 10.0. The average Bonchev–Trinajstić information content (AvgIpc) is 2.65. The largest absolute Gasteiger partial charge is 0.347 e. The molecule has 1 aromatic carbocycles. The Morgan fingerprint density at radius 2 is 1.84 bits per heavy atom. The summed E-state index contributed by atoms with van der Waals surface area (Å²) in [4.78, 5) is 12.4. The van der Waals surface area contributed by atoms with Gasteiger partial charge in [-0.1, -0.05) is 19.1 Å². The fourth-order valence-corrected chi connectivity index (χ4v) is 2.73. The third-order valence-electron chi connectivity index (χ3n) is 3.85. The molecule has 0 unspecified atom stereocenters. The van der Waals surface area contributed by atoms with Crippen molar-refractivity contribution in [1.82, 2.24) is 9.88 Å². The van der Waals surface area contributed by atoms with E-state index in [-0.39, 0.29) is 5.78 Å². The molecule has 1 heterocycles. The van der Waals surface area contributed by atoms with Crippen LogP contribution in [0.15, 0.2) is 12.1 Å². The van der Waals surface area contributed by atoms with Crippen molar-refractivity contribution in [3.63, 3.8) is 0 Å². The van der Waals surface area contributed by atoms with Gasteiger partial charge in [-0.3, -0.25) is 4.79 Å².